The fourth-order valence-electron chi connectivity index (χ4n) is 3.40. The molecule has 9 heteroatoms. The molecule has 0 bridgehead atoms. The standard InChI is InChI=1S/C27H20F2N4O2S/c1-35-23-11-7-18(8-12-23)25-20(17-33(32-25)22-5-3-2-4-6-22)15-19(16-30)26(34)31-21-9-13-24(14-10-21)36-27(28)29/h2-15,17,27H,1H3,(H,31,34). The molecule has 0 fully saturated rings. The largest absolute Gasteiger partial charge is 0.497 e. The molecule has 0 saturated carbocycles. The third-order valence-corrected chi connectivity index (χ3v) is 5.85. The van der Waals surface area contributed by atoms with Gasteiger partial charge in [-0.3, -0.25) is 4.79 Å². The Labute approximate surface area is 210 Å². The molecule has 0 aliphatic rings. The number of aromatic nitrogens is 2. The summed E-state index contributed by atoms with van der Waals surface area (Å²) in [5.74, 6) is -2.47. The van der Waals surface area contributed by atoms with Gasteiger partial charge in [-0.25, -0.2) is 4.68 Å². The smallest absolute Gasteiger partial charge is 0.288 e. The third kappa shape index (κ3) is 5.98. The number of para-hydroxylation sites is 1. The first-order chi connectivity index (χ1) is 17.5. The molecule has 4 rings (SSSR count). The van der Waals surface area contributed by atoms with E-state index in [9.17, 15) is 18.8 Å². The molecule has 1 N–H and O–H groups in total. The number of hydrogen-bond donors (Lipinski definition) is 1. The van der Waals surface area contributed by atoms with E-state index in [1.165, 1.54) is 30.3 Å². The fourth-order valence-corrected chi connectivity index (χ4v) is 3.90. The lowest BCUT2D eigenvalue weighted by Gasteiger charge is -2.06. The number of amides is 1. The van der Waals surface area contributed by atoms with Gasteiger partial charge in [0.25, 0.3) is 11.7 Å². The van der Waals surface area contributed by atoms with Crippen LogP contribution in [0.3, 0.4) is 0 Å². The molecule has 3 aromatic carbocycles. The van der Waals surface area contributed by atoms with E-state index >= 15 is 0 Å². The number of methoxy groups -OCH3 is 1. The van der Waals surface area contributed by atoms with Crippen LogP contribution in [0.1, 0.15) is 5.56 Å². The fraction of sp³-hybridized carbons (Fsp3) is 0.0741. The molecule has 6 nitrogen and oxygen atoms in total. The number of anilines is 1. The zero-order valence-corrected chi connectivity index (χ0v) is 19.9. The average molecular weight is 503 g/mol. The van der Waals surface area contributed by atoms with Crippen LogP contribution in [-0.4, -0.2) is 28.6 Å². The molecule has 180 valence electrons. The van der Waals surface area contributed by atoms with Gasteiger partial charge in [-0.05, 0) is 66.7 Å². The summed E-state index contributed by atoms with van der Waals surface area (Å²) in [5, 5.41) is 17.1. The van der Waals surface area contributed by atoms with Gasteiger partial charge >= 0.3 is 0 Å². The van der Waals surface area contributed by atoms with Crippen LogP contribution in [0.5, 0.6) is 5.75 Å². The molecule has 36 heavy (non-hydrogen) atoms. The third-order valence-electron chi connectivity index (χ3n) is 5.13. The van der Waals surface area contributed by atoms with Crippen LogP contribution >= 0.6 is 11.8 Å². The summed E-state index contributed by atoms with van der Waals surface area (Å²) in [6, 6.07) is 24.7. The van der Waals surface area contributed by atoms with E-state index in [1.807, 2.05) is 48.5 Å². The molecular weight excluding hydrogens is 482 g/mol. The van der Waals surface area contributed by atoms with E-state index in [-0.39, 0.29) is 5.57 Å². The first-order valence-electron chi connectivity index (χ1n) is 10.7. The summed E-state index contributed by atoms with van der Waals surface area (Å²) in [6.45, 7) is 0. The minimum absolute atomic E-state index is 0.136. The number of benzene rings is 3. The second kappa shape index (κ2) is 11.3. The molecule has 0 atom stereocenters. The van der Waals surface area contributed by atoms with Crippen molar-refractivity contribution in [2.75, 3.05) is 12.4 Å². The number of nitrogens with zero attached hydrogens (tertiary/aromatic N) is 3. The van der Waals surface area contributed by atoms with E-state index in [0.717, 1.165) is 11.3 Å². The van der Waals surface area contributed by atoms with Gasteiger partial charge in [-0.2, -0.15) is 19.1 Å². The van der Waals surface area contributed by atoms with Crippen LogP contribution in [0.2, 0.25) is 0 Å². The average Bonchev–Trinajstić information content (AvgIpc) is 3.32. The van der Waals surface area contributed by atoms with Crippen molar-refractivity contribution in [1.29, 1.82) is 5.26 Å². The van der Waals surface area contributed by atoms with Crippen molar-refractivity contribution >= 4 is 29.4 Å². The van der Waals surface area contributed by atoms with Gasteiger partial charge < -0.3 is 10.1 Å². The van der Waals surface area contributed by atoms with E-state index in [4.69, 9.17) is 9.84 Å². The maximum absolute atomic E-state index is 12.8. The Morgan fingerprint density at radius 2 is 1.78 bits per heavy atom. The molecule has 1 heterocycles. The first kappa shape index (κ1) is 24.7. The topological polar surface area (TPSA) is 79.9 Å². The molecule has 0 unspecified atom stereocenters. The normalized spacial score (nSPS) is 11.2. The van der Waals surface area contributed by atoms with E-state index in [0.29, 0.717) is 39.4 Å². The van der Waals surface area contributed by atoms with Crippen molar-refractivity contribution < 1.29 is 18.3 Å². The Morgan fingerprint density at radius 1 is 1.08 bits per heavy atom. The SMILES string of the molecule is COc1ccc(-c2nn(-c3ccccc3)cc2C=C(C#N)C(=O)Nc2ccc(SC(F)F)cc2)cc1. The highest BCUT2D eigenvalue weighted by atomic mass is 32.2. The Balaban J connectivity index is 1.66. The number of halogens is 2. The van der Waals surface area contributed by atoms with Crippen molar-refractivity contribution in [3.05, 3.63) is 96.2 Å². The Bertz CT molecular complexity index is 1410. The van der Waals surface area contributed by atoms with E-state index in [1.54, 1.807) is 30.1 Å². The van der Waals surface area contributed by atoms with Crippen LogP contribution in [0.4, 0.5) is 14.5 Å². The highest BCUT2D eigenvalue weighted by Crippen LogP contribution is 2.28. The highest BCUT2D eigenvalue weighted by molar-refractivity contribution is 7.99. The molecule has 0 saturated heterocycles. The number of ether oxygens (including phenoxy) is 1. The van der Waals surface area contributed by atoms with Crippen LogP contribution < -0.4 is 10.1 Å². The van der Waals surface area contributed by atoms with Crippen molar-refractivity contribution in [2.45, 2.75) is 10.7 Å². The minimum Gasteiger partial charge on any atom is -0.497 e. The molecule has 1 amide bonds. The number of hydrogen-bond acceptors (Lipinski definition) is 5. The minimum atomic E-state index is -2.53. The maximum Gasteiger partial charge on any atom is 0.288 e. The van der Waals surface area contributed by atoms with Crippen molar-refractivity contribution in [3.63, 3.8) is 0 Å². The molecule has 0 spiro atoms. The number of nitrogens with one attached hydrogen (secondary N) is 1. The molecule has 4 aromatic rings. The molecule has 1 aromatic heterocycles. The molecule has 0 aliphatic carbocycles. The predicted octanol–water partition coefficient (Wildman–Crippen LogP) is 6.41. The van der Waals surface area contributed by atoms with Crippen LogP contribution in [0.15, 0.2) is 95.5 Å². The van der Waals surface area contributed by atoms with Crippen molar-refractivity contribution in [1.82, 2.24) is 9.78 Å². The number of thioether (sulfide) groups is 1. The quantitative estimate of drug-likeness (QED) is 0.171. The van der Waals surface area contributed by atoms with Crippen LogP contribution in [0.25, 0.3) is 23.0 Å². The van der Waals surface area contributed by atoms with Gasteiger partial charge in [0, 0.05) is 27.9 Å². The molecule has 0 radical (unpaired) electrons. The van der Waals surface area contributed by atoms with E-state index in [2.05, 4.69) is 5.32 Å². The number of nitriles is 1. The second-order valence-corrected chi connectivity index (χ2v) is 8.53. The summed E-state index contributed by atoms with van der Waals surface area (Å²) >= 11 is 0.414. The van der Waals surface area contributed by atoms with E-state index < -0.39 is 11.7 Å². The summed E-state index contributed by atoms with van der Waals surface area (Å²) in [7, 11) is 1.58. The zero-order valence-electron chi connectivity index (χ0n) is 19.1. The van der Waals surface area contributed by atoms with Crippen molar-refractivity contribution in [2.24, 2.45) is 0 Å². The summed E-state index contributed by atoms with van der Waals surface area (Å²) in [4.78, 5) is 13.2. The van der Waals surface area contributed by atoms with Gasteiger partial charge in [0.1, 0.15) is 17.4 Å². The lowest BCUT2D eigenvalue weighted by atomic mass is 10.1. The Hall–Kier alpha value is -4.42. The van der Waals surface area contributed by atoms with Gasteiger partial charge in [-0.15, -0.1) is 0 Å². The summed E-state index contributed by atoms with van der Waals surface area (Å²) in [6.07, 6.45) is 3.22. The summed E-state index contributed by atoms with van der Waals surface area (Å²) < 4.78 is 32.0. The maximum atomic E-state index is 12.8. The molecular formula is C27H20F2N4O2S. The number of carbonyl (C=O) groups excluding carboxylic acids is 1. The monoisotopic (exact) mass is 502 g/mol. The molecule has 0 aliphatic heterocycles. The zero-order chi connectivity index (χ0) is 25.5. The van der Waals surface area contributed by atoms with Crippen LogP contribution in [0, 0.1) is 11.3 Å². The highest BCUT2D eigenvalue weighted by Gasteiger charge is 2.16. The lowest BCUT2D eigenvalue weighted by molar-refractivity contribution is -0.112. The van der Waals surface area contributed by atoms with Crippen LogP contribution in [-0.2, 0) is 4.79 Å². The first-order valence-corrected chi connectivity index (χ1v) is 11.6. The van der Waals surface area contributed by atoms with Gasteiger partial charge in [0.05, 0.1) is 18.5 Å². The van der Waals surface area contributed by atoms with Gasteiger partial charge in [0.15, 0.2) is 0 Å². The summed E-state index contributed by atoms with van der Waals surface area (Å²) in [5.41, 5.74) is 2.99. The Kier molecular flexibility index (Phi) is 7.78. The Morgan fingerprint density at radius 3 is 2.39 bits per heavy atom. The number of alkyl halides is 2. The van der Waals surface area contributed by atoms with Gasteiger partial charge in [-0.1, -0.05) is 30.0 Å². The van der Waals surface area contributed by atoms with Gasteiger partial charge in [0.2, 0.25) is 0 Å². The predicted molar refractivity (Wildman–Crippen MR) is 136 cm³/mol. The van der Waals surface area contributed by atoms with Crippen molar-refractivity contribution in [3.8, 4) is 28.8 Å². The number of carbonyl (C=O) groups is 1. The second-order valence-electron chi connectivity index (χ2n) is 7.47. The lowest BCUT2D eigenvalue weighted by Crippen LogP contribution is -2.13. The number of rotatable bonds is 8.